The summed E-state index contributed by atoms with van der Waals surface area (Å²) in [5, 5.41) is 8.69. The van der Waals surface area contributed by atoms with Crippen molar-refractivity contribution in [2.45, 2.75) is 6.92 Å². The molecule has 2 aromatic rings. The Labute approximate surface area is 145 Å². The van der Waals surface area contributed by atoms with E-state index in [-0.39, 0.29) is 13.2 Å². The number of amides is 2. The van der Waals surface area contributed by atoms with E-state index < -0.39 is 11.8 Å². The number of nitriles is 1. The maximum absolute atomic E-state index is 11.6. The number of aryl methyl sites for hydroxylation is 1. The van der Waals surface area contributed by atoms with Crippen LogP contribution in [-0.2, 0) is 9.59 Å². The Kier molecular flexibility index (Phi) is 6.37. The number of nitrogens with zero attached hydrogens (tertiary/aromatic N) is 1. The SMILES string of the molecule is Cc1cccc(OCC(=O)NNC(=O)COc2ccc(C#N)cc2)c1. The van der Waals surface area contributed by atoms with Gasteiger partial charge in [0.15, 0.2) is 13.2 Å². The second-order valence-electron chi connectivity index (χ2n) is 5.13. The van der Waals surface area contributed by atoms with Crippen LogP contribution in [0.2, 0.25) is 0 Å². The molecule has 0 aromatic heterocycles. The number of hydrogen-bond donors (Lipinski definition) is 2. The van der Waals surface area contributed by atoms with Crippen molar-refractivity contribution in [3.63, 3.8) is 0 Å². The molecule has 25 heavy (non-hydrogen) atoms. The average molecular weight is 339 g/mol. The first-order valence-electron chi connectivity index (χ1n) is 7.47. The van der Waals surface area contributed by atoms with Crippen LogP contribution in [0.1, 0.15) is 11.1 Å². The van der Waals surface area contributed by atoms with Crippen molar-refractivity contribution in [1.29, 1.82) is 5.26 Å². The Hall–Kier alpha value is -3.53. The molecule has 2 rings (SSSR count). The van der Waals surface area contributed by atoms with Crippen molar-refractivity contribution in [3.05, 3.63) is 59.7 Å². The number of ether oxygens (including phenoxy) is 2. The normalized spacial score (nSPS) is 9.60. The average Bonchev–Trinajstić information content (AvgIpc) is 2.63. The van der Waals surface area contributed by atoms with Crippen LogP contribution in [0.4, 0.5) is 0 Å². The summed E-state index contributed by atoms with van der Waals surface area (Å²) in [7, 11) is 0. The van der Waals surface area contributed by atoms with Gasteiger partial charge in [-0.15, -0.1) is 0 Å². The van der Waals surface area contributed by atoms with E-state index >= 15 is 0 Å². The van der Waals surface area contributed by atoms with Gasteiger partial charge in [-0.1, -0.05) is 12.1 Å². The van der Waals surface area contributed by atoms with E-state index in [1.54, 1.807) is 36.4 Å². The lowest BCUT2D eigenvalue weighted by atomic mass is 10.2. The van der Waals surface area contributed by atoms with E-state index in [1.165, 1.54) is 0 Å². The molecule has 0 heterocycles. The highest BCUT2D eigenvalue weighted by Gasteiger charge is 2.07. The molecule has 2 amide bonds. The predicted molar refractivity (Wildman–Crippen MR) is 89.6 cm³/mol. The topological polar surface area (TPSA) is 100 Å². The van der Waals surface area contributed by atoms with E-state index in [4.69, 9.17) is 14.7 Å². The number of nitrogens with one attached hydrogen (secondary N) is 2. The molecule has 0 aliphatic rings. The minimum Gasteiger partial charge on any atom is -0.484 e. The zero-order valence-corrected chi connectivity index (χ0v) is 13.6. The molecule has 0 unspecified atom stereocenters. The lowest BCUT2D eigenvalue weighted by Gasteiger charge is -2.10. The predicted octanol–water partition coefficient (Wildman–Crippen LogP) is 1.47. The number of carbonyl (C=O) groups is 2. The third-order valence-electron chi connectivity index (χ3n) is 3.05. The first-order valence-corrected chi connectivity index (χ1v) is 7.47. The van der Waals surface area contributed by atoms with Crippen molar-refractivity contribution < 1.29 is 19.1 Å². The van der Waals surface area contributed by atoms with Crippen LogP contribution in [0.3, 0.4) is 0 Å². The van der Waals surface area contributed by atoms with E-state index in [1.807, 2.05) is 25.1 Å². The largest absolute Gasteiger partial charge is 0.484 e. The van der Waals surface area contributed by atoms with Gasteiger partial charge in [0.05, 0.1) is 11.6 Å². The summed E-state index contributed by atoms with van der Waals surface area (Å²) in [5.74, 6) is 0.00961. The van der Waals surface area contributed by atoms with E-state index in [0.717, 1.165) is 5.56 Å². The zero-order valence-electron chi connectivity index (χ0n) is 13.6. The molecule has 128 valence electrons. The summed E-state index contributed by atoms with van der Waals surface area (Å²) in [6, 6.07) is 15.6. The molecule has 0 bridgehead atoms. The van der Waals surface area contributed by atoms with Gasteiger partial charge in [0.25, 0.3) is 11.8 Å². The lowest BCUT2D eigenvalue weighted by molar-refractivity contribution is -0.131. The van der Waals surface area contributed by atoms with Gasteiger partial charge in [-0.25, -0.2) is 0 Å². The van der Waals surface area contributed by atoms with Gasteiger partial charge in [-0.2, -0.15) is 5.26 Å². The molecule has 7 heteroatoms. The first kappa shape index (κ1) is 17.8. The van der Waals surface area contributed by atoms with Gasteiger partial charge in [0.2, 0.25) is 0 Å². The molecule has 7 nitrogen and oxygen atoms in total. The fraction of sp³-hybridized carbons (Fsp3) is 0.167. The van der Waals surface area contributed by atoms with Crippen molar-refractivity contribution in [1.82, 2.24) is 10.9 Å². The monoisotopic (exact) mass is 339 g/mol. The van der Waals surface area contributed by atoms with Gasteiger partial charge in [0, 0.05) is 0 Å². The molecule has 0 aliphatic heterocycles. The Morgan fingerprint density at radius 1 is 0.960 bits per heavy atom. The Morgan fingerprint density at radius 2 is 1.56 bits per heavy atom. The Bertz CT molecular complexity index is 782. The molecule has 0 aliphatic carbocycles. The Balaban J connectivity index is 1.66. The molecule has 0 radical (unpaired) electrons. The lowest BCUT2D eigenvalue weighted by Crippen LogP contribution is -2.45. The molecule has 0 spiro atoms. The summed E-state index contributed by atoms with van der Waals surface area (Å²) >= 11 is 0. The van der Waals surface area contributed by atoms with Crippen molar-refractivity contribution in [2.75, 3.05) is 13.2 Å². The third-order valence-corrected chi connectivity index (χ3v) is 3.05. The van der Waals surface area contributed by atoms with E-state index in [0.29, 0.717) is 17.1 Å². The zero-order chi connectivity index (χ0) is 18.1. The molecule has 0 saturated carbocycles. The fourth-order valence-corrected chi connectivity index (χ4v) is 1.84. The van der Waals surface area contributed by atoms with Crippen LogP contribution >= 0.6 is 0 Å². The van der Waals surface area contributed by atoms with Gasteiger partial charge in [-0.3, -0.25) is 20.4 Å². The number of carbonyl (C=O) groups excluding carboxylic acids is 2. The maximum Gasteiger partial charge on any atom is 0.276 e. The molecular formula is C18H17N3O4. The first-order chi connectivity index (χ1) is 12.1. The summed E-state index contributed by atoms with van der Waals surface area (Å²) < 4.78 is 10.5. The smallest absolute Gasteiger partial charge is 0.276 e. The van der Waals surface area contributed by atoms with Crippen LogP contribution in [0.15, 0.2) is 48.5 Å². The second kappa shape index (κ2) is 8.93. The third kappa shape index (κ3) is 6.23. The number of rotatable bonds is 6. The number of benzene rings is 2. The quantitative estimate of drug-likeness (QED) is 0.776. The number of hydrogen-bond acceptors (Lipinski definition) is 5. The number of hydrazine groups is 1. The van der Waals surface area contributed by atoms with Crippen molar-refractivity contribution in [2.24, 2.45) is 0 Å². The minimum atomic E-state index is -0.520. The van der Waals surface area contributed by atoms with Gasteiger partial charge < -0.3 is 9.47 Å². The van der Waals surface area contributed by atoms with E-state index in [2.05, 4.69) is 10.9 Å². The Morgan fingerprint density at radius 3 is 2.12 bits per heavy atom. The molecule has 2 N–H and O–H groups in total. The highest BCUT2D eigenvalue weighted by molar-refractivity contribution is 5.83. The van der Waals surface area contributed by atoms with Crippen LogP contribution in [0.25, 0.3) is 0 Å². The molecule has 0 atom stereocenters. The summed E-state index contributed by atoms with van der Waals surface area (Å²) in [6.45, 7) is 1.42. The van der Waals surface area contributed by atoms with Crippen molar-refractivity contribution in [3.8, 4) is 17.6 Å². The van der Waals surface area contributed by atoms with Crippen molar-refractivity contribution >= 4 is 11.8 Å². The minimum absolute atomic E-state index is 0.222. The summed E-state index contributed by atoms with van der Waals surface area (Å²) in [6.07, 6.45) is 0. The molecule has 0 saturated heterocycles. The van der Waals surface area contributed by atoms with Crippen LogP contribution < -0.4 is 20.3 Å². The summed E-state index contributed by atoms with van der Waals surface area (Å²) in [4.78, 5) is 23.2. The second-order valence-corrected chi connectivity index (χ2v) is 5.13. The fourth-order valence-electron chi connectivity index (χ4n) is 1.84. The molecule has 0 fully saturated rings. The molecule has 2 aromatic carbocycles. The standard InChI is InChI=1S/C18H17N3O4/c1-13-3-2-4-16(9-13)25-12-18(23)21-20-17(22)11-24-15-7-5-14(10-19)6-8-15/h2-9H,11-12H2,1H3,(H,20,22)(H,21,23). The van der Waals surface area contributed by atoms with Gasteiger partial charge in [0.1, 0.15) is 11.5 Å². The maximum atomic E-state index is 11.6. The molecular weight excluding hydrogens is 322 g/mol. The summed E-state index contributed by atoms with van der Waals surface area (Å²) in [5.41, 5.74) is 5.98. The van der Waals surface area contributed by atoms with Crippen LogP contribution in [0, 0.1) is 18.3 Å². The highest BCUT2D eigenvalue weighted by atomic mass is 16.5. The van der Waals surface area contributed by atoms with Crippen LogP contribution in [-0.4, -0.2) is 25.0 Å². The van der Waals surface area contributed by atoms with Gasteiger partial charge in [-0.05, 0) is 48.9 Å². The van der Waals surface area contributed by atoms with Crippen LogP contribution in [0.5, 0.6) is 11.5 Å². The van der Waals surface area contributed by atoms with E-state index in [9.17, 15) is 9.59 Å². The van der Waals surface area contributed by atoms with Gasteiger partial charge >= 0.3 is 0 Å². The highest BCUT2D eigenvalue weighted by Crippen LogP contribution is 2.12.